The van der Waals surface area contributed by atoms with Gasteiger partial charge in [-0.2, -0.15) is 4.31 Å². The highest BCUT2D eigenvalue weighted by Crippen LogP contribution is 2.35. The fraction of sp³-hybridized carbons (Fsp3) is 0.263. The Morgan fingerprint density at radius 2 is 1.85 bits per heavy atom. The first-order valence-electron chi connectivity index (χ1n) is 8.71. The Hall–Kier alpha value is -2.58. The molecule has 0 fully saturated rings. The van der Waals surface area contributed by atoms with Gasteiger partial charge in [0.1, 0.15) is 19.0 Å². The molecule has 2 aliphatic rings. The third-order valence-corrected chi connectivity index (χ3v) is 6.89. The van der Waals surface area contributed by atoms with Crippen molar-refractivity contribution in [1.29, 1.82) is 0 Å². The van der Waals surface area contributed by atoms with Crippen molar-refractivity contribution in [2.24, 2.45) is 0 Å². The molecule has 1 aromatic heterocycles. The van der Waals surface area contributed by atoms with E-state index >= 15 is 0 Å². The highest BCUT2D eigenvalue weighted by atomic mass is 32.2. The van der Waals surface area contributed by atoms with Gasteiger partial charge < -0.3 is 14.5 Å². The number of aromatic amines is 1. The van der Waals surface area contributed by atoms with Gasteiger partial charge in [0, 0.05) is 29.2 Å². The Morgan fingerprint density at radius 1 is 1.04 bits per heavy atom. The van der Waals surface area contributed by atoms with Crippen LogP contribution in [0.15, 0.2) is 41.3 Å². The van der Waals surface area contributed by atoms with Crippen LogP contribution in [0.2, 0.25) is 0 Å². The second-order valence-corrected chi connectivity index (χ2v) is 8.60. The zero-order chi connectivity index (χ0) is 18.6. The number of ether oxygens (including phenoxy) is 2. The van der Waals surface area contributed by atoms with Gasteiger partial charge in [0.2, 0.25) is 10.0 Å². The number of nitrogens with zero attached hydrogens (tertiary/aromatic N) is 1. The normalized spacial score (nSPS) is 17.1. The van der Waals surface area contributed by atoms with Gasteiger partial charge in [-0.1, -0.05) is 0 Å². The maximum absolute atomic E-state index is 13.6. The number of rotatable bonds is 2. The average molecular weight is 388 g/mol. The van der Waals surface area contributed by atoms with Crippen molar-refractivity contribution < 1.29 is 22.3 Å². The molecule has 2 aliphatic heterocycles. The van der Waals surface area contributed by atoms with E-state index in [1.54, 1.807) is 18.2 Å². The number of hydrogen-bond donors (Lipinski definition) is 1. The number of halogens is 1. The minimum Gasteiger partial charge on any atom is -0.486 e. The fourth-order valence-corrected chi connectivity index (χ4v) is 5.15. The number of sulfonamides is 1. The molecule has 6 nitrogen and oxygen atoms in total. The first kappa shape index (κ1) is 16.6. The van der Waals surface area contributed by atoms with Crippen LogP contribution in [0, 0.1) is 5.82 Å². The lowest BCUT2D eigenvalue weighted by Gasteiger charge is -2.27. The van der Waals surface area contributed by atoms with Crippen LogP contribution in [0.25, 0.3) is 10.9 Å². The van der Waals surface area contributed by atoms with Gasteiger partial charge in [-0.15, -0.1) is 0 Å². The summed E-state index contributed by atoms with van der Waals surface area (Å²) < 4.78 is 52.2. The molecule has 3 aromatic rings. The molecule has 5 rings (SSSR count). The predicted molar refractivity (Wildman–Crippen MR) is 97.0 cm³/mol. The summed E-state index contributed by atoms with van der Waals surface area (Å²) in [5, 5.41) is 0.821. The van der Waals surface area contributed by atoms with E-state index in [9.17, 15) is 12.8 Å². The van der Waals surface area contributed by atoms with Crippen LogP contribution < -0.4 is 9.47 Å². The van der Waals surface area contributed by atoms with Crippen LogP contribution in [0.3, 0.4) is 0 Å². The molecule has 0 bridgehead atoms. The number of benzene rings is 2. The summed E-state index contributed by atoms with van der Waals surface area (Å²) >= 11 is 0. The second kappa shape index (κ2) is 5.97. The summed E-state index contributed by atoms with van der Waals surface area (Å²) in [6.45, 7) is 1.42. The largest absolute Gasteiger partial charge is 0.486 e. The maximum Gasteiger partial charge on any atom is 0.243 e. The summed E-state index contributed by atoms with van der Waals surface area (Å²) in [5.41, 5.74) is 2.61. The Kier molecular flexibility index (Phi) is 3.66. The molecule has 27 heavy (non-hydrogen) atoms. The van der Waals surface area contributed by atoms with Crippen molar-refractivity contribution >= 4 is 20.9 Å². The summed E-state index contributed by atoms with van der Waals surface area (Å²) in [5.74, 6) is 0.704. The van der Waals surface area contributed by atoms with Crippen molar-refractivity contribution in [3.8, 4) is 11.5 Å². The van der Waals surface area contributed by atoms with Crippen molar-refractivity contribution in [3.63, 3.8) is 0 Å². The molecular weight excluding hydrogens is 371 g/mol. The van der Waals surface area contributed by atoms with Gasteiger partial charge >= 0.3 is 0 Å². The molecule has 3 heterocycles. The minimum absolute atomic E-state index is 0.178. The van der Waals surface area contributed by atoms with E-state index < -0.39 is 10.0 Å². The molecular formula is C19H17FN2O4S. The molecule has 0 amide bonds. The summed E-state index contributed by atoms with van der Waals surface area (Å²) in [4.78, 5) is 3.41. The first-order chi connectivity index (χ1) is 13.0. The highest BCUT2D eigenvalue weighted by Gasteiger charge is 2.31. The number of hydrogen-bond acceptors (Lipinski definition) is 4. The molecule has 0 spiro atoms. The van der Waals surface area contributed by atoms with Crippen LogP contribution in [0.5, 0.6) is 11.5 Å². The fourth-order valence-electron chi connectivity index (χ4n) is 3.73. The molecule has 0 radical (unpaired) electrons. The first-order valence-corrected chi connectivity index (χ1v) is 10.2. The zero-order valence-corrected chi connectivity index (χ0v) is 15.2. The van der Waals surface area contributed by atoms with E-state index in [-0.39, 0.29) is 17.3 Å². The van der Waals surface area contributed by atoms with Crippen LogP contribution >= 0.6 is 0 Å². The average Bonchev–Trinajstić information content (AvgIpc) is 3.04. The lowest BCUT2D eigenvalue weighted by atomic mass is 10.0. The number of H-pyrrole nitrogens is 1. The second-order valence-electron chi connectivity index (χ2n) is 6.67. The topological polar surface area (TPSA) is 71.6 Å². The van der Waals surface area contributed by atoms with Gasteiger partial charge in [0.25, 0.3) is 0 Å². The van der Waals surface area contributed by atoms with E-state index in [0.29, 0.717) is 37.7 Å². The zero-order valence-electron chi connectivity index (χ0n) is 14.4. The molecule has 140 valence electrons. The molecule has 2 aromatic carbocycles. The van der Waals surface area contributed by atoms with Gasteiger partial charge in [-0.05, 0) is 42.3 Å². The number of fused-ring (bicyclic) bond motifs is 4. The number of aromatic nitrogens is 1. The van der Waals surface area contributed by atoms with Gasteiger partial charge in [0.15, 0.2) is 11.5 Å². The lowest BCUT2D eigenvalue weighted by molar-refractivity contribution is 0.171. The van der Waals surface area contributed by atoms with E-state index in [1.807, 2.05) is 0 Å². The Labute approximate surface area is 155 Å². The molecule has 0 unspecified atom stereocenters. The van der Waals surface area contributed by atoms with Crippen molar-refractivity contribution in [1.82, 2.24) is 9.29 Å². The quantitative estimate of drug-likeness (QED) is 0.733. The highest BCUT2D eigenvalue weighted by molar-refractivity contribution is 7.89. The molecule has 0 aliphatic carbocycles. The predicted octanol–water partition coefficient (Wildman–Crippen LogP) is 2.83. The van der Waals surface area contributed by atoms with Crippen molar-refractivity contribution in [2.45, 2.75) is 17.9 Å². The Morgan fingerprint density at radius 3 is 2.70 bits per heavy atom. The van der Waals surface area contributed by atoms with E-state index in [1.165, 1.54) is 22.5 Å². The monoisotopic (exact) mass is 388 g/mol. The smallest absolute Gasteiger partial charge is 0.243 e. The van der Waals surface area contributed by atoms with Gasteiger partial charge in [-0.25, -0.2) is 12.8 Å². The lowest BCUT2D eigenvalue weighted by Crippen LogP contribution is -2.36. The Balaban J connectivity index is 1.49. The Bertz CT molecular complexity index is 1160. The van der Waals surface area contributed by atoms with Crippen molar-refractivity contribution in [3.05, 3.63) is 53.5 Å². The van der Waals surface area contributed by atoms with E-state index in [4.69, 9.17) is 9.47 Å². The van der Waals surface area contributed by atoms with E-state index in [0.717, 1.165) is 22.2 Å². The molecule has 0 saturated carbocycles. The number of nitrogens with one attached hydrogen (secondary N) is 1. The van der Waals surface area contributed by atoms with Crippen molar-refractivity contribution in [2.75, 3.05) is 19.8 Å². The summed E-state index contributed by atoms with van der Waals surface area (Å²) in [6.07, 6.45) is 0.530. The summed E-state index contributed by atoms with van der Waals surface area (Å²) in [6, 6.07) is 9.26. The maximum atomic E-state index is 13.6. The summed E-state index contributed by atoms with van der Waals surface area (Å²) in [7, 11) is -3.68. The SMILES string of the molecule is O=S(=O)(c1ccc2c(c1)OCCO2)N1CCc2c([nH]c3ccc(F)cc23)C1. The third kappa shape index (κ3) is 2.67. The molecule has 0 saturated heterocycles. The van der Waals surface area contributed by atoms with Crippen LogP contribution in [-0.4, -0.2) is 37.5 Å². The molecule has 0 atom stereocenters. The third-order valence-electron chi connectivity index (χ3n) is 5.05. The van der Waals surface area contributed by atoms with Gasteiger partial charge in [-0.3, -0.25) is 0 Å². The molecule has 8 heteroatoms. The van der Waals surface area contributed by atoms with Crippen LogP contribution in [-0.2, 0) is 23.0 Å². The van der Waals surface area contributed by atoms with Crippen LogP contribution in [0.1, 0.15) is 11.3 Å². The van der Waals surface area contributed by atoms with Crippen LogP contribution in [0.4, 0.5) is 4.39 Å². The van der Waals surface area contributed by atoms with Gasteiger partial charge in [0.05, 0.1) is 11.4 Å². The minimum atomic E-state index is -3.68. The van der Waals surface area contributed by atoms with E-state index in [2.05, 4.69) is 4.98 Å². The molecule has 1 N–H and O–H groups in total. The standard InChI is InChI=1S/C19H17FN2O4S/c20-12-1-3-16-15(9-12)14-5-6-22(11-17(14)21-16)27(23,24)13-2-4-18-19(10-13)26-8-7-25-18/h1-4,9-10,21H,5-8,11H2.